The number of methoxy groups -OCH3 is 1. The molecule has 42 heavy (non-hydrogen) atoms. The molecule has 0 fully saturated rings. The number of rotatable bonds is 12. The summed E-state index contributed by atoms with van der Waals surface area (Å²) in [6.45, 7) is 7.09. The fourth-order valence-corrected chi connectivity index (χ4v) is 4.12. The van der Waals surface area contributed by atoms with Crippen LogP contribution in [0.3, 0.4) is 0 Å². The van der Waals surface area contributed by atoms with E-state index >= 15 is 0 Å². The molecule has 3 aromatic heterocycles. The van der Waals surface area contributed by atoms with Gasteiger partial charge in [0.1, 0.15) is 23.2 Å². The fourth-order valence-electron chi connectivity index (χ4n) is 4.01. The normalized spacial score (nSPS) is 12.9. The van der Waals surface area contributed by atoms with Gasteiger partial charge < -0.3 is 15.4 Å². The summed E-state index contributed by atoms with van der Waals surface area (Å²) in [6.07, 6.45) is 4.73. The lowest BCUT2D eigenvalue weighted by atomic mass is 10.0. The highest BCUT2D eigenvalue weighted by Gasteiger charge is 2.24. The van der Waals surface area contributed by atoms with E-state index in [1.54, 1.807) is 6.92 Å². The monoisotopic (exact) mass is 601 g/mol. The van der Waals surface area contributed by atoms with Gasteiger partial charge in [0, 0.05) is 35.0 Å². The summed E-state index contributed by atoms with van der Waals surface area (Å²) in [5, 5.41) is 12.7. The van der Waals surface area contributed by atoms with Crippen LogP contribution in [-0.4, -0.2) is 50.5 Å². The Morgan fingerprint density at radius 3 is 2.55 bits per heavy atom. The third-order valence-corrected chi connectivity index (χ3v) is 6.45. The van der Waals surface area contributed by atoms with Crippen molar-refractivity contribution < 1.29 is 23.1 Å². The zero-order chi connectivity index (χ0) is 31.0. The van der Waals surface area contributed by atoms with E-state index in [9.17, 15) is 23.2 Å². The van der Waals surface area contributed by atoms with Crippen molar-refractivity contribution >= 4 is 40.4 Å². The number of ether oxygens (including phenoxy) is 1. The van der Waals surface area contributed by atoms with Crippen LogP contribution in [0.15, 0.2) is 65.3 Å². The predicted octanol–water partition coefficient (Wildman–Crippen LogP) is 4.82. The number of aromatic nitrogens is 5. The van der Waals surface area contributed by atoms with E-state index in [0.29, 0.717) is 29.8 Å². The van der Waals surface area contributed by atoms with Crippen molar-refractivity contribution in [3.05, 3.63) is 87.9 Å². The van der Waals surface area contributed by atoms with Gasteiger partial charge in [0.05, 0.1) is 31.4 Å². The number of hydrogen-bond acceptors (Lipinski definition) is 7. The number of halogens is 3. The van der Waals surface area contributed by atoms with Crippen LogP contribution in [0.4, 0.5) is 14.5 Å². The first kappa shape index (κ1) is 31.9. The average Bonchev–Trinajstić information content (AvgIpc) is 3.49. The number of hydrogen-bond donors (Lipinski definition) is 2. The Balaban J connectivity index is 2.08. The van der Waals surface area contributed by atoms with E-state index < -0.39 is 29.6 Å². The first-order chi connectivity index (χ1) is 20.0. The standard InChI is InChI=1S/C28H30ClF2N7O4/c1-6-8-23(28(41)34-18-9-10-21(33-13-18)27(40)32-4)37-15-24(42-5)20(12-25(37)39)19(11-17(29)7-2)16(3)38-14-22(26(30)31)35-36-38/h7,9-15,23,26H,2,6,8H2,1,3-5H3,(H,32,40)(H,34,41)/b17-11+,19-16-. The smallest absolute Gasteiger partial charge is 0.283 e. The fraction of sp³-hybridized carbons (Fsp3) is 0.286. The molecule has 14 heteroatoms. The third-order valence-electron chi connectivity index (χ3n) is 6.19. The lowest BCUT2D eigenvalue weighted by Crippen LogP contribution is -2.33. The van der Waals surface area contributed by atoms with Gasteiger partial charge in [-0.2, -0.15) is 0 Å². The minimum absolute atomic E-state index is 0.179. The van der Waals surface area contributed by atoms with Crippen molar-refractivity contribution in [3.8, 4) is 5.75 Å². The molecule has 0 aliphatic heterocycles. The molecular weight excluding hydrogens is 572 g/mol. The number of allylic oxidation sites excluding steroid dienone is 5. The number of pyridine rings is 2. The predicted molar refractivity (Wildman–Crippen MR) is 155 cm³/mol. The highest BCUT2D eigenvalue weighted by atomic mass is 35.5. The Labute approximate surface area is 245 Å². The number of nitrogens with one attached hydrogen (secondary N) is 2. The molecular formula is C28H30ClF2N7O4. The van der Waals surface area contributed by atoms with Crippen LogP contribution in [0.2, 0.25) is 0 Å². The van der Waals surface area contributed by atoms with Crippen LogP contribution >= 0.6 is 11.6 Å². The van der Waals surface area contributed by atoms with Gasteiger partial charge in [-0.1, -0.05) is 42.8 Å². The Hall–Kier alpha value is -4.65. The first-order valence-electron chi connectivity index (χ1n) is 12.7. The molecule has 0 aliphatic rings. The van der Waals surface area contributed by atoms with E-state index in [-0.39, 0.29) is 27.9 Å². The van der Waals surface area contributed by atoms with E-state index in [1.807, 2.05) is 6.92 Å². The van der Waals surface area contributed by atoms with Crippen LogP contribution in [-0.2, 0) is 4.79 Å². The van der Waals surface area contributed by atoms with E-state index in [2.05, 4.69) is 32.5 Å². The lowest BCUT2D eigenvalue weighted by molar-refractivity contribution is -0.119. The Morgan fingerprint density at radius 1 is 1.26 bits per heavy atom. The number of carbonyl (C=O) groups excluding carboxylic acids is 2. The summed E-state index contributed by atoms with van der Waals surface area (Å²) >= 11 is 6.25. The summed E-state index contributed by atoms with van der Waals surface area (Å²) in [7, 11) is 2.87. The number of alkyl halides is 2. The second kappa shape index (κ2) is 14.3. The average molecular weight is 602 g/mol. The largest absolute Gasteiger partial charge is 0.495 e. The highest BCUT2D eigenvalue weighted by molar-refractivity contribution is 6.32. The van der Waals surface area contributed by atoms with Gasteiger partial charge >= 0.3 is 0 Å². The van der Waals surface area contributed by atoms with Crippen LogP contribution in [0, 0.1) is 0 Å². The molecule has 2 amide bonds. The van der Waals surface area contributed by atoms with Crippen LogP contribution in [0.1, 0.15) is 60.9 Å². The van der Waals surface area contributed by atoms with Gasteiger partial charge in [-0.25, -0.2) is 18.4 Å². The van der Waals surface area contributed by atoms with Gasteiger partial charge in [0.2, 0.25) is 5.91 Å². The molecule has 0 bridgehead atoms. The summed E-state index contributed by atoms with van der Waals surface area (Å²) < 4.78 is 34.3. The maximum atomic E-state index is 13.5. The van der Waals surface area contributed by atoms with E-state index in [1.165, 1.54) is 61.5 Å². The number of anilines is 1. The summed E-state index contributed by atoms with van der Waals surface area (Å²) in [6, 6.07) is 3.34. The van der Waals surface area contributed by atoms with Crippen molar-refractivity contribution in [2.24, 2.45) is 0 Å². The molecule has 1 unspecified atom stereocenters. The first-order valence-corrected chi connectivity index (χ1v) is 13.1. The maximum Gasteiger partial charge on any atom is 0.283 e. The maximum absolute atomic E-state index is 13.5. The summed E-state index contributed by atoms with van der Waals surface area (Å²) in [5.74, 6) is -0.651. The minimum Gasteiger partial charge on any atom is -0.495 e. The topological polar surface area (TPSA) is 133 Å². The van der Waals surface area contributed by atoms with E-state index in [4.69, 9.17) is 16.3 Å². The Morgan fingerprint density at radius 2 is 2.00 bits per heavy atom. The summed E-state index contributed by atoms with van der Waals surface area (Å²) in [5.41, 5.74) is 0.375. The molecule has 11 nitrogen and oxygen atoms in total. The van der Waals surface area contributed by atoms with Crippen molar-refractivity contribution in [2.45, 2.75) is 39.2 Å². The molecule has 3 rings (SSSR count). The van der Waals surface area contributed by atoms with Gasteiger partial charge in [0.15, 0.2) is 0 Å². The molecule has 3 heterocycles. The molecule has 0 saturated heterocycles. The van der Waals surface area contributed by atoms with Gasteiger partial charge in [-0.05, 0) is 31.6 Å². The number of carbonyl (C=O) groups is 2. The highest BCUT2D eigenvalue weighted by Crippen LogP contribution is 2.32. The molecule has 0 spiro atoms. The van der Waals surface area contributed by atoms with Crippen molar-refractivity contribution in [1.29, 1.82) is 0 Å². The zero-order valence-corrected chi connectivity index (χ0v) is 24.2. The van der Waals surface area contributed by atoms with Gasteiger partial charge in [0.25, 0.3) is 17.9 Å². The zero-order valence-electron chi connectivity index (χ0n) is 23.4. The number of nitrogens with zero attached hydrogens (tertiary/aromatic N) is 5. The second-order valence-corrected chi connectivity index (χ2v) is 9.36. The molecule has 0 aromatic carbocycles. The van der Waals surface area contributed by atoms with Crippen molar-refractivity contribution in [3.63, 3.8) is 0 Å². The molecule has 0 radical (unpaired) electrons. The SMILES string of the molecule is C=C/C(Cl)=C\C(=C(/C)n1cc(C(F)F)nn1)c1cc(=O)n(C(CCC)C(=O)Nc2ccc(C(=O)NC)nc2)cc1OC. The molecule has 1 atom stereocenters. The molecule has 3 aromatic rings. The van der Waals surface area contributed by atoms with E-state index in [0.717, 1.165) is 10.9 Å². The van der Waals surface area contributed by atoms with Crippen molar-refractivity contribution in [2.75, 3.05) is 19.5 Å². The Kier molecular flexibility index (Phi) is 10.9. The molecule has 0 saturated carbocycles. The quantitative estimate of drug-likeness (QED) is 0.284. The minimum atomic E-state index is -2.83. The molecule has 222 valence electrons. The van der Waals surface area contributed by atoms with Gasteiger partial charge in [-0.3, -0.25) is 19.0 Å². The van der Waals surface area contributed by atoms with Crippen LogP contribution in [0.5, 0.6) is 5.75 Å². The van der Waals surface area contributed by atoms with Crippen LogP contribution in [0.25, 0.3) is 11.3 Å². The second-order valence-electron chi connectivity index (χ2n) is 8.93. The van der Waals surface area contributed by atoms with Crippen molar-refractivity contribution in [1.82, 2.24) is 29.9 Å². The lowest BCUT2D eigenvalue weighted by Gasteiger charge is -2.21. The van der Waals surface area contributed by atoms with Gasteiger partial charge in [-0.15, -0.1) is 5.10 Å². The number of amides is 2. The Bertz CT molecular complexity index is 1580. The van der Waals surface area contributed by atoms with Crippen LogP contribution < -0.4 is 20.9 Å². The third kappa shape index (κ3) is 7.35. The molecule has 0 aliphatic carbocycles. The summed E-state index contributed by atoms with van der Waals surface area (Å²) in [4.78, 5) is 42.6. The molecule has 2 N–H and O–H groups in total.